The average molecular weight is 427 g/mol. The molecule has 1 aromatic carbocycles. The number of carbonyl (C=O) groups is 2. The van der Waals surface area contributed by atoms with E-state index in [9.17, 15) is 14.0 Å². The van der Waals surface area contributed by atoms with Crippen molar-refractivity contribution in [2.45, 2.75) is 51.4 Å². The molecule has 31 heavy (non-hydrogen) atoms. The maximum absolute atomic E-state index is 13.9. The number of para-hydroxylation sites is 1. The highest BCUT2D eigenvalue weighted by Crippen LogP contribution is 2.60. The van der Waals surface area contributed by atoms with Gasteiger partial charge in [0.05, 0.1) is 5.52 Å². The first kappa shape index (κ1) is 20.5. The molecule has 7 heteroatoms. The van der Waals surface area contributed by atoms with Crippen LogP contribution in [-0.2, 0) is 23.1 Å². The Balaban J connectivity index is 1.07. The molecule has 6 nitrogen and oxygen atoms in total. The van der Waals surface area contributed by atoms with Gasteiger partial charge < -0.3 is 15.2 Å². The SMILES string of the molecule is Cn1c(CCNC(=O)CCNC(=O)C23CC4CC(CC(C4)C2)C3)nc2c(F)cccc21. The van der Waals surface area contributed by atoms with Gasteiger partial charge >= 0.3 is 0 Å². The van der Waals surface area contributed by atoms with Crippen LogP contribution in [0.25, 0.3) is 11.0 Å². The second kappa shape index (κ2) is 7.92. The molecule has 0 radical (unpaired) electrons. The van der Waals surface area contributed by atoms with Gasteiger partial charge in [0.25, 0.3) is 0 Å². The van der Waals surface area contributed by atoms with E-state index in [0.29, 0.717) is 25.0 Å². The van der Waals surface area contributed by atoms with E-state index in [2.05, 4.69) is 15.6 Å². The number of nitrogens with one attached hydrogen (secondary N) is 2. The summed E-state index contributed by atoms with van der Waals surface area (Å²) < 4.78 is 15.7. The molecule has 4 saturated carbocycles. The molecule has 0 atom stereocenters. The summed E-state index contributed by atoms with van der Waals surface area (Å²) in [7, 11) is 1.85. The van der Waals surface area contributed by atoms with Crippen molar-refractivity contribution in [3.8, 4) is 0 Å². The summed E-state index contributed by atoms with van der Waals surface area (Å²) in [6.07, 6.45) is 7.85. The number of benzene rings is 1. The number of hydrogen-bond donors (Lipinski definition) is 2. The molecular formula is C24H31FN4O2. The van der Waals surface area contributed by atoms with Gasteiger partial charge in [-0.3, -0.25) is 9.59 Å². The smallest absolute Gasteiger partial charge is 0.226 e. The number of fused-ring (bicyclic) bond motifs is 1. The van der Waals surface area contributed by atoms with Crippen molar-refractivity contribution < 1.29 is 14.0 Å². The molecule has 0 saturated heterocycles. The number of amides is 2. The van der Waals surface area contributed by atoms with Crippen LogP contribution in [0.3, 0.4) is 0 Å². The Labute approximate surface area is 182 Å². The van der Waals surface area contributed by atoms with Crippen LogP contribution in [0, 0.1) is 29.0 Å². The Morgan fingerprint density at radius 1 is 1.10 bits per heavy atom. The number of imidazole rings is 1. The van der Waals surface area contributed by atoms with Crippen molar-refractivity contribution in [1.82, 2.24) is 20.2 Å². The Morgan fingerprint density at radius 2 is 1.77 bits per heavy atom. The van der Waals surface area contributed by atoms with Gasteiger partial charge in [-0.05, 0) is 68.4 Å². The fourth-order valence-electron chi connectivity index (χ4n) is 6.72. The lowest BCUT2D eigenvalue weighted by atomic mass is 9.49. The Morgan fingerprint density at radius 3 is 2.42 bits per heavy atom. The van der Waals surface area contributed by atoms with E-state index in [0.717, 1.165) is 48.4 Å². The monoisotopic (exact) mass is 426 g/mol. The summed E-state index contributed by atoms with van der Waals surface area (Å²) in [5.74, 6) is 2.68. The standard InChI is InChI=1S/C24H31FN4O2/c1-29-19-4-2-3-18(25)22(19)28-20(29)5-7-26-21(30)6-8-27-23(31)24-12-15-9-16(13-24)11-17(10-15)14-24/h2-4,15-17H,5-14H2,1H3,(H,26,30)(H,27,31). The van der Waals surface area contributed by atoms with E-state index in [1.807, 2.05) is 17.7 Å². The minimum Gasteiger partial charge on any atom is -0.356 e. The van der Waals surface area contributed by atoms with E-state index in [-0.39, 0.29) is 29.5 Å². The third-order valence-electron chi connectivity index (χ3n) is 7.78. The minimum absolute atomic E-state index is 0.0873. The Kier molecular flexibility index (Phi) is 5.22. The minimum atomic E-state index is -0.335. The van der Waals surface area contributed by atoms with E-state index < -0.39 is 0 Å². The molecular weight excluding hydrogens is 395 g/mol. The van der Waals surface area contributed by atoms with Crippen LogP contribution in [0.1, 0.15) is 50.8 Å². The molecule has 2 N–H and O–H groups in total. The molecule has 2 amide bonds. The Hall–Kier alpha value is -2.44. The highest BCUT2D eigenvalue weighted by atomic mass is 19.1. The van der Waals surface area contributed by atoms with Crippen LogP contribution >= 0.6 is 0 Å². The highest BCUT2D eigenvalue weighted by Gasteiger charge is 2.54. The molecule has 4 aliphatic carbocycles. The highest BCUT2D eigenvalue weighted by molar-refractivity contribution is 5.84. The fraction of sp³-hybridized carbons (Fsp3) is 0.625. The topological polar surface area (TPSA) is 76.0 Å². The fourth-order valence-corrected chi connectivity index (χ4v) is 6.72. The van der Waals surface area contributed by atoms with Crippen molar-refractivity contribution in [1.29, 1.82) is 0 Å². The summed E-state index contributed by atoms with van der Waals surface area (Å²) in [6, 6.07) is 4.90. The van der Waals surface area contributed by atoms with Crippen LogP contribution in [0.5, 0.6) is 0 Å². The van der Waals surface area contributed by atoms with E-state index >= 15 is 0 Å². The van der Waals surface area contributed by atoms with Gasteiger partial charge in [0.15, 0.2) is 5.82 Å². The maximum Gasteiger partial charge on any atom is 0.226 e. The second-order valence-electron chi connectivity index (χ2n) is 10.00. The van der Waals surface area contributed by atoms with Crippen LogP contribution in [0.2, 0.25) is 0 Å². The molecule has 0 aliphatic heterocycles. The zero-order valence-corrected chi connectivity index (χ0v) is 18.1. The van der Waals surface area contributed by atoms with Crippen molar-refractivity contribution in [3.05, 3.63) is 29.8 Å². The molecule has 4 fully saturated rings. The summed E-state index contributed by atoms with van der Waals surface area (Å²) in [6.45, 7) is 0.810. The first-order valence-corrected chi connectivity index (χ1v) is 11.6. The molecule has 4 bridgehead atoms. The van der Waals surface area contributed by atoms with Crippen LogP contribution in [0.15, 0.2) is 18.2 Å². The zero-order valence-electron chi connectivity index (χ0n) is 18.1. The summed E-state index contributed by atoms with van der Waals surface area (Å²) in [4.78, 5) is 29.5. The van der Waals surface area contributed by atoms with E-state index in [1.165, 1.54) is 25.3 Å². The largest absolute Gasteiger partial charge is 0.356 e. The van der Waals surface area contributed by atoms with Gasteiger partial charge in [-0.1, -0.05) is 6.07 Å². The van der Waals surface area contributed by atoms with E-state index in [1.54, 1.807) is 6.07 Å². The van der Waals surface area contributed by atoms with Crippen LogP contribution in [0.4, 0.5) is 4.39 Å². The second-order valence-corrected chi connectivity index (χ2v) is 10.00. The lowest BCUT2D eigenvalue weighted by Gasteiger charge is -2.55. The van der Waals surface area contributed by atoms with Gasteiger partial charge in [0, 0.05) is 38.4 Å². The van der Waals surface area contributed by atoms with Crippen molar-refractivity contribution in [2.24, 2.45) is 30.2 Å². The van der Waals surface area contributed by atoms with E-state index in [4.69, 9.17) is 0 Å². The van der Waals surface area contributed by atoms with Crippen LogP contribution < -0.4 is 10.6 Å². The predicted molar refractivity (Wildman–Crippen MR) is 116 cm³/mol. The molecule has 4 aliphatic rings. The maximum atomic E-state index is 13.9. The molecule has 1 aromatic heterocycles. The number of aryl methyl sites for hydroxylation is 1. The third-order valence-corrected chi connectivity index (χ3v) is 7.78. The van der Waals surface area contributed by atoms with Gasteiger partial charge in [0.2, 0.25) is 11.8 Å². The number of aromatic nitrogens is 2. The molecule has 0 unspecified atom stereocenters. The normalized spacial score (nSPS) is 28.8. The van der Waals surface area contributed by atoms with Gasteiger partial charge in [-0.25, -0.2) is 9.37 Å². The van der Waals surface area contributed by atoms with Crippen LogP contribution in [-0.4, -0.2) is 34.5 Å². The van der Waals surface area contributed by atoms with Crippen molar-refractivity contribution in [3.63, 3.8) is 0 Å². The number of nitrogens with zero attached hydrogens (tertiary/aromatic N) is 2. The van der Waals surface area contributed by atoms with Gasteiger partial charge in [-0.15, -0.1) is 0 Å². The summed E-state index contributed by atoms with van der Waals surface area (Å²) in [5.41, 5.74) is 0.938. The Bertz CT molecular complexity index is 979. The molecule has 0 spiro atoms. The average Bonchev–Trinajstić information content (AvgIpc) is 3.04. The van der Waals surface area contributed by atoms with Crippen molar-refractivity contribution in [2.75, 3.05) is 13.1 Å². The quantitative estimate of drug-likeness (QED) is 0.714. The lowest BCUT2D eigenvalue weighted by Crippen LogP contribution is -2.53. The molecule has 6 rings (SSSR count). The van der Waals surface area contributed by atoms with Gasteiger partial charge in [-0.2, -0.15) is 0 Å². The predicted octanol–water partition coefficient (Wildman–Crippen LogP) is 3.09. The number of carbonyl (C=O) groups excluding carboxylic acids is 2. The number of rotatable bonds is 7. The number of halogens is 1. The first-order chi connectivity index (χ1) is 14.9. The van der Waals surface area contributed by atoms with Crippen molar-refractivity contribution >= 4 is 22.8 Å². The lowest BCUT2D eigenvalue weighted by molar-refractivity contribution is -0.146. The first-order valence-electron chi connectivity index (χ1n) is 11.6. The molecule has 2 aromatic rings. The number of hydrogen-bond acceptors (Lipinski definition) is 3. The summed E-state index contributed by atoms with van der Waals surface area (Å²) >= 11 is 0. The third kappa shape index (κ3) is 3.83. The zero-order chi connectivity index (χ0) is 21.6. The van der Waals surface area contributed by atoms with Gasteiger partial charge in [0.1, 0.15) is 11.3 Å². The molecule has 1 heterocycles. The molecule has 166 valence electrons. The summed E-state index contributed by atoms with van der Waals surface area (Å²) in [5, 5.41) is 5.94.